The molecule has 162 valence electrons. The van der Waals surface area contributed by atoms with Crippen molar-refractivity contribution in [2.45, 2.75) is 23.9 Å². The van der Waals surface area contributed by atoms with Gasteiger partial charge in [-0.3, -0.25) is 9.59 Å². The topological polar surface area (TPSA) is 86.8 Å². The number of carbonyl (C=O) groups is 2. The van der Waals surface area contributed by atoms with Crippen LogP contribution in [-0.4, -0.2) is 63.2 Å². The Morgan fingerprint density at radius 2 is 1.83 bits per heavy atom. The van der Waals surface area contributed by atoms with Crippen LogP contribution >= 0.6 is 11.6 Å². The van der Waals surface area contributed by atoms with Gasteiger partial charge in [0.25, 0.3) is 0 Å². The van der Waals surface area contributed by atoms with E-state index < -0.39 is 37.6 Å². The summed E-state index contributed by atoms with van der Waals surface area (Å²) in [6.45, 7) is -0.201. The van der Waals surface area contributed by atoms with Crippen molar-refractivity contribution in [2.24, 2.45) is 5.92 Å². The number of carbonyl (C=O) groups excluding carboxylic acids is 2. The van der Waals surface area contributed by atoms with Gasteiger partial charge in [0.15, 0.2) is 0 Å². The van der Waals surface area contributed by atoms with Crippen molar-refractivity contribution in [2.75, 3.05) is 33.7 Å². The molecule has 1 aliphatic heterocycles. The van der Waals surface area contributed by atoms with E-state index in [0.29, 0.717) is 6.07 Å². The second-order valence-electron chi connectivity index (χ2n) is 6.82. The largest absolute Gasteiger partial charge is 0.417 e. The third-order valence-corrected chi connectivity index (χ3v) is 6.84. The molecule has 0 aliphatic carbocycles. The molecule has 1 aromatic carbocycles. The van der Waals surface area contributed by atoms with Crippen LogP contribution in [0.15, 0.2) is 23.1 Å². The molecule has 0 unspecified atom stereocenters. The second kappa shape index (κ2) is 8.88. The summed E-state index contributed by atoms with van der Waals surface area (Å²) in [5.41, 5.74) is -1.22. The van der Waals surface area contributed by atoms with Crippen LogP contribution in [0.3, 0.4) is 0 Å². The van der Waals surface area contributed by atoms with Crippen molar-refractivity contribution < 1.29 is 31.2 Å². The lowest BCUT2D eigenvalue weighted by atomic mass is 9.97. The van der Waals surface area contributed by atoms with Gasteiger partial charge in [0.1, 0.15) is 0 Å². The Kier molecular flexibility index (Phi) is 7.18. The molecule has 0 atom stereocenters. The molecule has 1 aliphatic rings. The fourth-order valence-corrected chi connectivity index (χ4v) is 4.58. The highest BCUT2D eigenvalue weighted by Crippen LogP contribution is 2.36. The Labute approximate surface area is 171 Å². The lowest BCUT2D eigenvalue weighted by Crippen LogP contribution is -2.44. The maximum Gasteiger partial charge on any atom is 0.417 e. The molecule has 1 aromatic rings. The Bertz CT molecular complexity index is 882. The van der Waals surface area contributed by atoms with Crippen LogP contribution in [-0.2, 0) is 25.8 Å². The molecule has 0 spiro atoms. The Morgan fingerprint density at radius 1 is 1.24 bits per heavy atom. The van der Waals surface area contributed by atoms with Crippen molar-refractivity contribution in [3.63, 3.8) is 0 Å². The van der Waals surface area contributed by atoms with Crippen LogP contribution in [0.4, 0.5) is 13.2 Å². The molecule has 1 fully saturated rings. The van der Waals surface area contributed by atoms with E-state index in [0.717, 1.165) is 16.4 Å². The monoisotopic (exact) mass is 455 g/mol. The van der Waals surface area contributed by atoms with E-state index in [-0.39, 0.29) is 44.3 Å². The summed E-state index contributed by atoms with van der Waals surface area (Å²) < 4.78 is 65.5. The first-order valence-corrected chi connectivity index (χ1v) is 10.5. The molecule has 0 aromatic heterocycles. The third kappa shape index (κ3) is 5.61. The Hall–Kier alpha value is -1.85. The van der Waals surface area contributed by atoms with Gasteiger partial charge in [-0.2, -0.15) is 17.5 Å². The molecular weight excluding hydrogens is 435 g/mol. The number of hydrogen-bond acceptors (Lipinski definition) is 4. The molecular formula is C17H21ClF3N3O4S. The average molecular weight is 456 g/mol. The second-order valence-corrected chi connectivity index (χ2v) is 9.17. The number of piperidine rings is 1. The summed E-state index contributed by atoms with van der Waals surface area (Å²) in [5.74, 6) is -1.11. The summed E-state index contributed by atoms with van der Waals surface area (Å²) >= 11 is 5.54. The van der Waals surface area contributed by atoms with Gasteiger partial charge >= 0.3 is 6.18 Å². The molecule has 1 saturated heterocycles. The lowest BCUT2D eigenvalue weighted by molar-refractivity contribution is -0.137. The summed E-state index contributed by atoms with van der Waals surface area (Å²) in [4.78, 5) is 24.5. The van der Waals surface area contributed by atoms with E-state index in [1.807, 2.05) is 0 Å². The molecule has 0 radical (unpaired) electrons. The van der Waals surface area contributed by atoms with Crippen LogP contribution in [0.25, 0.3) is 0 Å². The van der Waals surface area contributed by atoms with E-state index in [2.05, 4.69) is 5.32 Å². The number of rotatable bonds is 5. The number of alkyl halides is 3. The van der Waals surface area contributed by atoms with Crippen LogP contribution in [0.5, 0.6) is 0 Å². The van der Waals surface area contributed by atoms with Gasteiger partial charge < -0.3 is 10.2 Å². The van der Waals surface area contributed by atoms with E-state index in [4.69, 9.17) is 11.6 Å². The zero-order valence-corrected chi connectivity index (χ0v) is 17.4. The van der Waals surface area contributed by atoms with Crippen molar-refractivity contribution in [1.82, 2.24) is 14.5 Å². The first kappa shape index (κ1) is 23.4. The number of sulfonamides is 1. The van der Waals surface area contributed by atoms with Gasteiger partial charge in [0.05, 0.1) is 22.0 Å². The first-order valence-electron chi connectivity index (χ1n) is 8.69. The predicted molar refractivity (Wildman–Crippen MR) is 99.6 cm³/mol. The number of nitrogens with one attached hydrogen (secondary N) is 1. The summed E-state index contributed by atoms with van der Waals surface area (Å²) in [7, 11) is -1.06. The number of nitrogens with zero attached hydrogens (tertiary/aromatic N) is 2. The highest BCUT2D eigenvalue weighted by molar-refractivity contribution is 7.89. The van der Waals surface area contributed by atoms with E-state index >= 15 is 0 Å². The molecule has 12 heteroatoms. The highest BCUT2D eigenvalue weighted by Gasteiger charge is 2.37. The van der Waals surface area contributed by atoms with Crippen LogP contribution < -0.4 is 5.32 Å². The SMILES string of the molecule is CN(C)C(=O)CNC(=O)C1CCN(S(=O)(=O)c2ccc(Cl)c(C(F)(F)F)c2)CC1. The van der Waals surface area contributed by atoms with Crippen molar-refractivity contribution in [3.8, 4) is 0 Å². The normalized spacial score (nSPS) is 16.5. The number of benzene rings is 1. The molecule has 1 N–H and O–H groups in total. The molecule has 0 bridgehead atoms. The minimum Gasteiger partial charge on any atom is -0.347 e. The van der Waals surface area contributed by atoms with Crippen LogP contribution in [0.2, 0.25) is 5.02 Å². The van der Waals surface area contributed by atoms with Gasteiger partial charge in [-0.05, 0) is 31.0 Å². The zero-order valence-electron chi connectivity index (χ0n) is 15.8. The lowest BCUT2D eigenvalue weighted by Gasteiger charge is -2.30. The summed E-state index contributed by atoms with van der Waals surface area (Å²) in [6, 6.07) is 2.45. The highest BCUT2D eigenvalue weighted by atomic mass is 35.5. The van der Waals surface area contributed by atoms with Crippen molar-refractivity contribution in [1.29, 1.82) is 0 Å². The van der Waals surface area contributed by atoms with Crippen LogP contribution in [0, 0.1) is 5.92 Å². The smallest absolute Gasteiger partial charge is 0.347 e. The molecule has 1 heterocycles. The van der Waals surface area contributed by atoms with Crippen LogP contribution in [0.1, 0.15) is 18.4 Å². The fraction of sp³-hybridized carbons (Fsp3) is 0.529. The Balaban J connectivity index is 2.05. The van der Waals surface area contributed by atoms with Gasteiger partial charge in [0.2, 0.25) is 21.8 Å². The van der Waals surface area contributed by atoms with Gasteiger partial charge in [0, 0.05) is 33.1 Å². The maximum absolute atomic E-state index is 13.0. The minimum atomic E-state index is -4.78. The number of hydrogen-bond donors (Lipinski definition) is 1. The minimum absolute atomic E-state index is 0.0218. The van der Waals surface area contributed by atoms with Crippen molar-refractivity contribution in [3.05, 3.63) is 28.8 Å². The summed E-state index contributed by atoms with van der Waals surface area (Å²) in [6.07, 6.45) is -4.39. The number of halogens is 4. The maximum atomic E-state index is 13.0. The van der Waals surface area contributed by atoms with Gasteiger partial charge in [-0.1, -0.05) is 11.6 Å². The molecule has 2 rings (SSSR count). The average Bonchev–Trinajstić information content (AvgIpc) is 2.65. The number of likely N-dealkylation sites (N-methyl/N-ethyl adjacent to an activating group) is 1. The van der Waals surface area contributed by atoms with Gasteiger partial charge in [-0.25, -0.2) is 8.42 Å². The van der Waals surface area contributed by atoms with E-state index in [9.17, 15) is 31.2 Å². The van der Waals surface area contributed by atoms with Crippen molar-refractivity contribution >= 4 is 33.4 Å². The third-order valence-electron chi connectivity index (χ3n) is 4.62. The molecule has 7 nitrogen and oxygen atoms in total. The molecule has 0 saturated carbocycles. The first-order chi connectivity index (χ1) is 13.3. The zero-order chi connectivity index (χ0) is 22.0. The quantitative estimate of drug-likeness (QED) is 0.735. The van der Waals surface area contributed by atoms with Gasteiger partial charge in [-0.15, -0.1) is 0 Å². The predicted octanol–water partition coefficient (Wildman–Crippen LogP) is 1.96. The molecule has 29 heavy (non-hydrogen) atoms. The van der Waals surface area contributed by atoms with E-state index in [1.165, 1.54) is 4.90 Å². The molecule has 2 amide bonds. The number of amides is 2. The Morgan fingerprint density at radius 3 is 2.34 bits per heavy atom. The summed E-state index contributed by atoms with van der Waals surface area (Å²) in [5, 5.41) is 1.93. The fourth-order valence-electron chi connectivity index (χ4n) is 2.85. The van der Waals surface area contributed by atoms with E-state index in [1.54, 1.807) is 14.1 Å². The standard InChI is InChI=1S/C17H21ClF3N3O4S/c1-23(2)15(25)10-22-16(26)11-5-7-24(8-6-11)29(27,28)12-3-4-14(18)13(9-12)17(19,20)21/h3-4,9,11H,5-8,10H2,1-2H3,(H,22,26).